The number of nitrogens with one attached hydrogen (secondary N) is 1. The number of piperidine rings is 1. The second-order valence-electron chi connectivity index (χ2n) is 3.74. The van der Waals surface area contributed by atoms with E-state index in [2.05, 4.69) is 10.1 Å². The molecular formula is C8H10F3NO2. The van der Waals surface area contributed by atoms with Crippen LogP contribution in [0.5, 0.6) is 0 Å². The number of rotatable bonds is 1. The first kappa shape index (κ1) is 9.76. The van der Waals surface area contributed by atoms with Gasteiger partial charge in [-0.3, -0.25) is 4.79 Å². The van der Waals surface area contributed by atoms with E-state index in [1.54, 1.807) is 0 Å². The molecule has 6 heteroatoms. The van der Waals surface area contributed by atoms with E-state index >= 15 is 0 Å². The summed E-state index contributed by atoms with van der Waals surface area (Å²) in [6.07, 6.45) is -3.90. The third-order valence-corrected chi connectivity index (χ3v) is 2.93. The average molecular weight is 209 g/mol. The van der Waals surface area contributed by atoms with Crippen molar-refractivity contribution in [3.8, 4) is 0 Å². The first-order chi connectivity index (χ1) is 6.45. The maximum atomic E-state index is 12.2. The van der Waals surface area contributed by atoms with Crippen molar-refractivity contribution in [3.05, 3.63) is 0 Å². The Morgan fingerprint density at radius 3 is 2.50 bits per heavy atom. The fraction of sp³-hybridized carbons (Fsp3) is 0.875. The van der Waals surface area contributed by atoms with Crippen molar-refractivity contribution in [2.24, 2.45) is 11.8 Å². The molecule has 14 heavy (non-hydrogen) atoms. The van der Waals surface area contributed by atoms with Crippen LogP contribution in [0.2, 0.25) is 0 Å². The molecule has 1 saturated heterocycles. The Labute approximate surface area is 78.6 Å². The van der Waals surface area contributed by atoms with E-state index < -0.39 is 36.1 Å². The third-order valence-electron chi connectivity index (χ3n) is 2.93. The Kier molecular flexibility index (Phi) is 1.99. The largest absolute Gasteiger partial charge is 0.468 e. The molecule has 2 rings (SSSR count). The zero-order valence-electron chi connectivity index (χ0n) is 7.47. The number of hydrogen-bond donors (Lipinski definition) is 1. The molecule has 2 fully saturated rings. The van der Waals surface area contributed by atoms with Crippen LogP contribution in [0.1, 0.15) is 6.42 Å². The van der Waals surface area contributed by atoms with Gasteiger partial charge in [-0.25, -0.2) is 0 Å². The van der Waals surface area contributed by atoms with Crippen LogP contribution in [0, 0.1) is 11.8 Å². The number of halogens is 3. The minimum absolute atomic E-state index is 0.238. The predicted molar refractivity (Wildman–Crippen MR) is 40.4 cm³/mol. The molecule has 0 bridgehead atoms. The van der Waals surface area contributed by atoms with Gasteiger partial charge in [-0.05, 0) is 12.3 Å². The summed E-state index contributed by atoms with van der Waals surface area (Å²) < 4.78 is 41.1. The molecule has 0 spiro atoms. The summed E-state index contributed by atoms with van der Waals surface area (Å²) in [6, 6.07) is -1.12. The number of hydrogen-bond acceptors (Lipinski definition) is 3. The van der Waals surface area contributed by atoms with E-state index in [1.165, 1.54) is 7.11 Å². The standard InChI is InChI=1S/C8H10F3NO2/c1-14-7(13)4-2-3-5(6(3)12-4)8(9,10)11/h3-6,12H,2H2,1H3/t3-,4-,5-,6-/m0/s1. The number of methoxy groups -OCH3 is 1. The molecule has 0 unspecified atom stereocenters. The molecule has 0 aromatic heterocycles. The lowest BCUT2D eigenvalue weighted by molar-refractivity contribution is -0.157. The summed E-state index contributed by atoms with van der Waals surface area (Å²) in [5.41, 5.74) is 0. The third kappa shape index (κ3) is 1.37. The van der Waals surface area contributed by atoms with E-state index in [9.17, 15) is 18.0 Å². The molecule has 1 saturated carbocycles. The number of fused-ring (bicyclic) bond motifs is 1. The van der Waals surface area contributed by atoms with Gasteiger partial charge in [0.2, 0.25) is 0 Å². The summed E-state index contributed by atoms with van der Waals surface area (Å²) >= 11 is 0. The van der Waals surface area contributed by atoms with Crippen molar-refractivity contribution in [1.82, 2.24) is 5.32 Å². The Hall–Kier alpha value is -0.780. The molecule has 80 valence electrons. The Morgan fingerprint density at radius 2 is 2.14 bits per heavy atom. The summed E-state index contributed by atoms with van der Waals surface area (Å²) in [5.74, 6) is -2.17. The molecule has 1 heterocycles. The van der Waals surface area contributed by atoms with Gasteiger partial charge in [-0.2, -0.15) is 13.2 Å². The highest BCUT2D eigenvalue weighted by atomic mass is 19.4. The smallest absolute Gasteiger partial charge is 0.393 e. The van der Waals surface area contributed by atoms with Crippen molar-refractivity contribution < 1.29 is 22.7 Å². The number of esters is 1. The molecular weight excluding hydrogens is 199 g/mol. The Balaban J connectivity index is 1.91. The van der Waals surface area contributed by atoms with Gasteiger partial charge in [0.25, 0.3) is 0 Å². The molecule has 1 aliphatic carbocycles. The lowest BCUT2D eigenvalue weighted by Crippen LogP contribution is -2.38. The fourth-order valence-corrected chi connectivity index (χ4v) is 2.22. The highest BCUT2D eigenvalue weighted by Gasteiger charge is 2.68. The molecule has 0 aromatic rings. The molecule has 0 aromatic carbocycles. The van der Waals surface area contributed by atoms with Gasteiger partial charge >= 0.3 is 12.1 Å². The minimum atomic E-state index is -4.14. The van der Waals surface area contributed by atoms with Gasteiger partial charge in [-0.15, -0.1) is 0 Å². The highest BCUT2D eigenvalue weighted by Crippen LogP contribution is 2.55. The molecule has 3 nitrogen and oxygen atoms in total. The van der Waals surface area contributed by atoms with Crippen LogP contribution in [0.4, 0.5) is 13.2 Å². The van der Waals surface area contributed by atoms with Crippen molar-refractivity contribution in [3.63, 3.8) is 0 Å². The summed E-state index contributed by atoms with van der Waals surface area (Å²) in [6.45, 7) is 0. The normalized spacial score (nSPS) is 40.6. The van der Waals surface area contributed by atoms with Gasteiger partial charge in [0.05, 0.1) is 13.0 Å². The van der Waals surface area contributed by atoms with Crippen molar-refractivity contribution in [1.29, 1.82) is 0 Å². The van der Waals surface area contributed by atoms with Crippen LogP contribution < -0.4 is 5.32 Å². The van der Waals surface area contributed by atoms with Crippen LogP contribution >= 0.6 is 0 Å². The van der Waals surface area contributed by atoms with Crippen molar-refractivity contribution >= 4 is 5.97 Å². The molecule has 0 amide bonds. The average Bonchev–Trinajstić information content (AvgIpc) is 2.63. The molecule has 0 radical (unpaired) electrons. The molecule has 1 aliphatic heterocycles. The zero-order chi connectivity index (χ0) is 10.5. The van der Waals surface area contributed by atoms with Gasteiger partial charge < -0.3 is 10.1 Å². The monoisotopic (exact) mass is 209 g/mol. The summed E-state index contributed by atoms with van der Waals surface area (Å²) in [7, 11) is 1.23. The van der Waals surface area contributed by atoms with Crippen LogP contribution in [0.25, 0.3) is 0 Å². The molecule has 1 N–H and O–H groups in total. The van der Waals surface area contributed by atoms with Gasteiger partial charge in [-0.1, -0.05) is 0 Å². The van der Waals surface area contributed by atoms with E-state index in [0.717, 1.165) is 0 Å². The lowest BCUT2D eigenvalue weighted by atomic mass is 10.1. The zero-order valence-corrected chi connectivity index (χ0v) is 7.47. The van der Waals surface area contributed by atoms with Crippen LogP contribution in [0.3, 0.4) is 0 Å². The first-order valence-corrected chi connectivity index (χ1v) is 4.35. The quantitative estimate of drug-likeness (QED) is 0.646. The SMILES string of the molecule is COC(=O)[C@@H]1C[C@@H]2[C@H](N1)[C@H]2C(F)(F)F. The fourth-order valence-electron chi connectivity index (χ4n) is 2.22. The predicted octanol–water partition coefficient (Wildman–Crippen LogP) is 0.698. The van der Waals surface area contributed by atoms with E-state index in [4.69, 9.17) is 0 Å². The van der Waals surface area contributed by atoms with Gasteiger partial charge in [0.1, 0.15) is 6.04 Å². The number of ether oxygens (including phenoxy) is 1. The first-order valence-electron chi connectivity index (χ1n) is 4.35. The summed E-state index contributed by atoms with van der Waals surface area (Å²) in [5, 5.41) is 2.64. The van der Waals surface area contributed by atoms with Crippen LogP contribution in [-0.4, -0.2) is 31.3 Å². The Morgan fingerprint density at radius 1 is 1.50 bits per heavy atom. The summed E-state index contributed by atoms with van der Waals surface area (Å²) in [4.78, 5) is 11.0. The molecule has 2 aliphatic rings. The lowest BCUT2D eigenvalue weighted by Gasteiger charge is -2.14. The number of carbonyl (C=O) groups is 1. The topological polar surface area (TPSA) is 38.3 Å². The van der Waals surface area contributed by atoms with Crippen LogP contribution in [0.15, 0.2) is 0 Å². The number of carbonyl (C=O) groups excluding carboxylic acids is 1. The van der Waals surface area contributed by atoms with Crippen LogP contribution in [-0.2, 0) is 9.53 Å². The van der Waals surface area contributed by atoms with E-state index in [0.29, 0.717) is 0 Å². The van der Waals surface area contributed by atoms with Gasteiger partial charge in [0, 0.05) is 6.04 Å². The molecule has 4 atom stereocenters. The number of alkyl halides is 3. The van der Waals surface area contributed by atoms with E-state index in [-0.39, 0.29) is 6.42 Å². The second-order valence-corrected chi connectivity index (χ2v) is 3.74. The van der Waals surface area contributed by atoms with Crippen molar-refractivity contribution in [2.45, 2.75) is 24.7 Å². The van der Waals surface area contributed by atoms with Crippen molar-refractivity contribution in [2.75, 3.05) is 7.11 Å². The minimum Gasteiger partial charge on any atom is -0.468 e. The van der Waals surface area contributed by atoms with Gasteiger partial charge in [0.15, 0.2) is 0 Å². The second kappa shape index (κ2) is 2.85. The Bertz CT molecular complexity index is 254. The highest BCUT2D eigenvalue weighted by molar-refractivity contribution is 5.76. The maximum Gasteiger partial charge on any atom is 0.393 e. The van der Waals surface area contributed by atoms with E-state index in [1.807, 2.05) is 0 Å². The maximum absolute atomic E-state index is 12.2.